The molecule has 0 fully saturated rings. The maximum atomic E-state index is 13.7. The molecule has 0 saturated heterocycles. The van der Waals surface area contributed by atoms with Crippen LogP contribution < -0.4 is 10.1 Å². The quantitative estimate of drug-likeness (QED) is 0.729. The largest absolute Gasteiger partial charge is 0.436 e. The van der Waals surface area contributed by atoms with Crippen LogP contribution in [-0.4, -0.2) is 11.5 Å². The molecule has 0 aliphatic carbocycles. The van der Waals surface area contributed by atoms with Gasteiger partial charge in [0.05, 0.1) is 10.7 Å². The first-order valence-corrected chi connectivity index (χ1v) is 7.76. The van der Waals surface area contributed by atoms with Crippen molar-refractivity contribution >= 4 is 27.5 Å². The molecule has 0 atom stereocenters. The molecule has 112 valence electrons. The van der Waals surface area contributed by atoms with E-state index in [2.05, 4.69) is 33.2 Å². The summed E-state index contributed by atoms with van der Waals surface area (Å²) in [5, 5.41) is 3.78. The monoisotopic (exact) mass is 372 g/mol. The van der Waals surface area contributed by atoms with Gasteiger partial charge in [0.25, 0.3) is 0 Å². The molecule has 0 unspecified atom stereocenters. The van der Waals surface area contributed by atoms with Crippen molar-refractivity contribution in [1.29, 1.82) is 0 Å². The van der Waals surface area contributed by atoms with E-state index in [1.165, 1.54) is 6.07 Å². The second-order valence-electron chi connectivity index (χ2n) is 4.43. The first-order valence-electron chi connectivity index (χ1n) is 6.59. The summed E-state index contributed by atoms with van der Waals surface area (Å²) in [6.45, 7) is 3.51. The molecule has 1 heterocycles. The van der Waals surface area contributed by atoms with Gasteiger partial charge < -0.3 is 10.1 Å². The molecule has 0 aliphatic heterocycles. The van der Waals surface area contributed by atoms with E-state index in [1.807, 2.05) is 0 Å². The van der Waals surface area contributed by atoms with Gasteiger partial charge in [-0.1, -0.05) is 34.5 Å². The minimum Gasteiger partial charge on any atom is -0.436 e. The van der Waals surface area contributed by atoms with Crippen molar-refractivity contribution in [2.75, 3.05) is 6.54 Å². The number of nitrogens with zero attached hydrogens (tertiary/aromatic N) is 1. The molecule has 0 radical (unpaired) electrons. The highest BCUT2D eigenvalue weighted by Gasteiger charge is 2.09. The lowest BCUT2D eigenvalue weighted by atomic mass is 10.3. The summed E-state index contributed by atoms with van der Waals surface area (Å²) in [5.41, 5.74) is 0.681. The number of benzene rings is 1. The Labute approximate surface area is 136 Å². The zero-order valence-electron chi connectivity index (χ0n) is 11.5. The lowest BCUT2D eigenvalue weighted by Crippen LogP contribution is -2.15. The first-order chi connectivity index (χ1) is 10.1. The van der Waals surface area contributed by atoms with Crippen LogP contribution in [0.4, 0.5) is 4.39 Å². The Hall–Kier alpha value is -1.17. The number of aromatic nitrogens is 1. The van der Waals surface area contributed by atoms with E-state index in [-0.39, 0.29) is 5.75 Å². The molecule has 3 nitrogen and oxygen atoms in total. The molecule has 6 heteroatoms. The lowest BCUT2D eigenvalue weighted by molar-refractivity contribution is 0.425. The Morgan fingerprint density at radius 2 is 2.14 bits per heavy atom. The molecule has 1 aromatic heterocycles. The fraction of sp³-hybridized carbons (Fsp3) is 0.267. The molecule has 1 N–H and O–H groups in total. The van der Waals surface area contributed by atoms with Gasteiger partial charge in [0, 0.05) is 17.1 Å². The van der Waals surface area contributed by atoms with Gasteiger partial charge in [0.2, 0.25) is 5.88 Å². The van der Waals surface area contributed by atoms with E-state index in [0.717, 1.165) is 13.0 Å². The summed E-state index contributed by atoms with van der Waals surface area (Å²) in [5.74, 6) is -0.0128. The van der Waals surface area contributed by atoms with E-state index < -0.39 is 5.82 Å². The van der Waals surface area contributed by atoms with E-state index in [1.54, 1.807) is 24.3 Å². The number of rotatable bonds is 6. The number of hydrogen-bond donors (Lipinski definition) is 1. The fourth-order valence-electron chi connectivity index (χ4n) is 1.70. The summed E-state index contributed by atoms with van der Waals surface area (Å²) >= 11 is 9.29. The van der Waals surface area contributed by atoms with Gasteiger partial charge in [-0.3, -0.25) is 0 Å². The van der Waals surface area contributed by atoms with Crippen LogP contribution in [0.5, 0.6) is 11.6 Å². The van der Waals surface area contributed by atoms with Crippen molar-refractivity contribution in [2.24, 2.45) is 0 Å². The van der Waals surface area contributed by atoms with Crippen LogP contribution in [0.25, 0.3) is 0 Å². The van der Waals surface area contributed by atoms with Crippen molar-refractivity contribution < 1.29 is 9.13 Å². The van der Waals surface area contributed by atoms with Gasteiger partial charge in [-0.2, -0.15) is 0 Å². The lowest BCUT2D eigenvalue weighted by Gasteiger charge is -2.09. The molecule has 1 aromatic carbocycles. The number of hydrogen-bond acceptors (Lipinski definition) is 3. The van der Waals surface area contributed by atoms with Gasteiger partial charge in [-0.05, 0) is 37.2 Å². The summed E-state index contributed by atoms with van der Waals surface area (Å²) in [6, 6.07) is 7.91. The third-order valence-electron chi connectivity index (χ3n) is 2.72. The third kappa shape index (κ3) is 4.66. The standard InChI is InChI=1S/C15H15BrClFN2O/c1-2-7-19-9-13-11(17)4-6-15(20-13)21-14-5-3-10(16)8-12(14)18/h3-6,8,19H,2,7,9H2,1H3. The average Bonchev–Trinajstić information content (AvgIpc) is 2.45. The van der Waals surface area contributed by atoms with Crippen LogP contribution in [0.3, 0.4) is 0 Å². The predicted molar refractivity (Wildman–Crippen MR) is 85.4 cm³/mol. The van der Waals surface area contributed by atoms with Crippen molar-refractivity contribution in [3.63, 3.8) is 0 Å². The molecule has 21 heavy (non-hydrogen) atoms. The van der Waals surface area contributed by atoms with Crippen molar-refractivity contribution in [1.82, 2.24) is 10.3 Å². The molecule has 2 aromatic rings. The summed E-state index contributed by atoms with van der Waals surface area (Å²) < 4.78 is 19.9. The number of nitrogens with one attached hydrogen (secondary N) is 1. The number of halogens is 3. The van der Waals surface area contributed by atoms with E-state index >= 15 is 0 Å². The normalized spacial score (nSPS) is 10.7. The molecule has 0 spiro atoms. The van der Waals surface area contributed by atoms with Crippen molar-refractivity contribution in [2.45, 2.75) is 19.9 Å². The Bertz CT molecular complexity index is 625. The van der Waals surface area contributed by atoms with Gasteiger partial charge >= 0.3 is 0 Å². The SMILES string of the molecule is CCCNCc1nc(Oc2ccc(Br)cc2F)ccc1Cl. The third-order valence-corrected chi connectivity index (χ3v) is 3.56. The number of pyridine rings is 1. The summed E-state index contributed by atoms with van der Waals surface area (Å²) in [4.78, 5) is 4.31. The highest BCUT2D eigenvalue weighted by Crippen LogP contribution is 2.27. The predicted octanol–water partition coefficient (Wildman–Crippen LogP) is 4.93. The average molecular weight is 374 g/mol. The summed E-state index contributed by atoms with van der Waals surface area (Å²) in [7, 11) is 0. The van der Waals surface area contributed by atoms with Crippen LogP contribution in [0.15, 0.2) is 34.8 Å². The molecular formula is C15H15BrClFN2O. The van der Waals surface area contributed by atoms with E-state index in [0.29, 0.717) is 27.6 Å². The topological polar surface area (TPSA) is 34.2 Å². The van der Waals surface area contributed by atoms with E-state index in [4.69, 9.17) is 16.3 Å². The molecule has 2 rings (SSSR count). The number of ether oxygens (including phenoxy) is 1. The van der Waals surface area contributed by atoms with Gasteiger partial charge in [-0.15, -0.1) is 0 Å². The Morgan fingerprint density at radius 3 is 2.86 bits per heavy atom. The minimum absolute atomic E-state index is 0.125. The maximum absolute atomic E-state index is 13.7. The molecule has 0 amide bonds. The van der Waals surface area contributed by atoms with Crippen LogP contribution in [0, 0.1) is 5.82 Å². The molecule has 0 saturated carbocycles. The Balaban J connectivity index is 2.14. The second kappa shape index (κ2) is 7.73. The van der Waals surface area contributed by atoms with Crippen molar-refractivity contribution in [3.05, 3.63) is 51.3 Å². The second-order valence-corrected chi connectivity index (χ2v) is 5.75. The zero-order valence-corrected chi connectivity index (χ0v) is 13.8. The Morgan fingerprint density at radius 1 is 1.33 bits per heavy atom. The van der Waals surface area contributed by atoms with Gasteiger partial charge in [0.1, 0.15) is 0 Å². The minimum atomic E-state index is -0.452. The van der Waals surface area contributed by atoms with Crippen LogP contribution >= 0.6 is 27.5 Å². The van der Waals surface area contributed by atoms with Crippen LogP contribution in [-0.2, 0) is 6.54 Å². The fourth-order valence-corrected chi connectivity index (χ4v) is 2.20. The molecule has 0 aliphatic rings. The Kier molecular flexibility index (Phi) is 5.96. The van der Waals surface area contributed by atoms with Gasteiger partial charge in [0.15, 0.2) is 11.6 Å². The molecular weight excluding hydrogens is 359 g/mol. The van der Waals surface area contributed by atoms with Gasteiger partial charge in [-0.25, -0.2) is 9.37 Å². The first kappa shape index (κ1) is 16.2. The summed E-state index contributed by atoms with van der Waals surface area (Å²) in [6.07, 6.45) is 1.03. The van der Waals surface area contributed by atoms with E-state index in [9.17, 15) is 4.39 Å². The van der Waals surface area contributed by atoms with Crippen molar-refractivity contribution in [3.8, 4) is 11.6 Å². The van der Waals surface area contributed by atoms with Crippen LogP contribution in [0.2, 0.25) is 5.02 Å². The maximum Gasteiger partial charge on any atom is 0.219 e. The molecule has 0 bridgehead atoms. The van der Waals surface area contributed by atoms with Crippen LogP contribution in [0.1, 0.15) is 19.0 Å². The zero-order chi connectivity index (χ0) is 15.2. The highest BCUT2D eigenvalue weighted by molar-refractivity contribution is 9.10. The smallest absolute Gasteiger partial charge is 0.219 e. The highest BCUT2D eigenvalue weighted by atomic mass is 79.9.